The Morgan fingerprint density at radius 3 is 2.64 bits per heavy atom. The Kier molecular flexibility index (Phi) is 5.99. The second-order valence-corrected chi connectivity index (χ2v) is 8.29. The first-order valence-corrected chi connectivity index (χ1v) is 9.06. The molecule has 1 aliphatic rings. The van der Waals surface area contributed by atoms with Crippen molar-refractivity contribution in [2.24, 2.45) is 0 Å². The zero-order valence-corrected chi connectivity index (χ0v) is 16.9. The van der Waals surface area contributed by atoms with Crippen molar-refractivity contribution >= 4 is 39.5 Å². The number of halogens is 3. The Morgan fingerprint density at radius 1 is 1.40 bits per heavy atom. The minimum absolute atomic E-state index is 0.0913. The molecule has 0 aliphatic carbocycles. The van der Waals surface area contributed by atoms with Crippen LogP contribution < -0.4 is 0 Å². The molecule has 0 saturated carbocycles. The number of amides is 2. The van der Waals surface area contributed by atoms with Gasteiger partial charge in [-0.2, -0.15) is 0 Å². The van der Waals surface area contributed by atoms with E-state index in [1.54, 1.807) is 32.7 Å². The van der Waals surface area contributed by atoms with E-state index in [-0.39, 0.29) is 16.6 Å². The fourth-order valence-electron chi connectivity index (χ4n) is 2.59. The largest absolute Gasteiger partial charge is 0.444 e. The highest BCUT2D eigenvalue weighted by molar-refractivity contribution is 9.10. The van der Waals surface area contributed by atoms with Gasteiger partial charge in [-0.15, -0.1) is 0 Å². The first-order chi connectivity index (χ1) is 11.5. The molecule has 1 aromatic rings. The third kappa shape index (κ3) is 4.85. The van der Waals surface area contributed by atoms with Gasteiger partial charge in [0.05, 0.1) is 16.6 Å². The molecule has 2 amide bonds. The smallest absolute Gasteiger partial charge is 0.410 e. The summed E-state index contributed by atoms with van der Waals surface area (Å²) in [6.07, 6.45) is 0.196. The van der Waals surface area contributed by atoms with Crippen LogP contribution in [0.2, 0.25) is 5.02 Å². The van der Waals surface area contributed by atoms with E-state index in [2.05, 4.69) is 15.9 Å². The molecule has 138 valence electrons. The first-order valence-electron chi connectivity index (χ1n) is 7.89. The minimum Gasteiger partial charge on any atom is -0.444 e. The number of rotatable bonds is 2. The lowest BCUT2D eigenvalue weighted by Crippen LogP contribution is -2.41. The van der Waals surface area contributed by atoms with E-state index in [4.69, 9.17) is 16.3 Å². The van der Waals surface area contributed by atoms with Crippen molar-refractivity contribution in [1.82, 2.24) is 9.80 Å². The van der Waals surface area contributed by atoms with Gasteiger partial charge in [0.1, 0.15) is 11.4 Å². The SMILES string of the molecule is CN(C(=O)c1cc(Cl)c(Br)cc1F)[C@H]1CCN(C(=O)OC(C)(C)C)C1. The molecule has 5 nitrogen and oxygen atoms in total. The fraction of sp³-hybridized carbons (Fsp3) is 0.529. The maximum absolute atomic E-state index is 14.1. The van der Waals surface area contributed by atoms with E-state index in [1.807, 2.05) is 0 Å². The van der Waals surface area contributed by atoms with Gasteiger partial charge in [-0.05, 0) is 55.3 Å². The molecule has 1 aromatic carbocycles. The van der Waals surface area contributed by atoms with Crippen molar-refractivity contribution in [3.8, 4) is 0 Å². The van der Waals surface area contributed by atoms with Crippen molar-refractivity contribution in [3.63, 3.8) is 0 Å². The lowest BCUT2D eigenvalue weighted by atomic mass is 10.1. The minimum atomic E-state index is -0.643. The van der Waals surface area contributed by atoms with Crippen molar-refractivity contribution in [2.75, 3.05) is 20.1 Å². The topological polar surface area (TPSA) is 49.9 Å². The summed E-state index contributed by atoms with van der Waals surface area (Å²) in [6, 6.07) is 2.27. The summed E-state index contributed by atoms with van der Waals surface area (Å²) in [5.41, 5.74) is -0.666. The van der Waals surface area contributed by atoms with Crippen molar-refractivity contribution in [1.29, 1.82) is 0 Å². The summed E-state index contributed by atoms with van der Waals surface area (Å²) in [6.45, 7) is 6.24. The summed E-state index contributed by atoms with van der Waals surface area (Å²) in [7, 11) is 1.60. The van der Waals surface area contributed by atoms with Gasteiger partial charge in [0.25, 0.3) is 5.91 Å². The maximum Gasteiger partial charge on any atom is 0.410 e. The summed E-state index contributed by atoms with van der Waals surface area (Å²) in [4.78, 5) is 27.7. The Balaban J connectivity index is 2.07. The summed E-state index contributed by atoms with van der Waals surface area (Å²) in [5, 5.41) is 0.264. The third-order valence-electron chi connectivity index (χ3n) is 3.92. The van der Waals surface area contributed by atoms with E-state index >= 15 is 0 Å². The molecule has 1 heterocycles. The zero-order chi connectivity index (χ0) is 18.9. The van der Waals surface area contributed by atoms with E-state index in [9.17, 15) is 14.0 Å². The highest BCUT2D eigenvalue weighted by Crippen LogP contribution is 2.27. The Morgan fingerprint density at radius 2 is 2.04 bits per heavy atom. The van der Waals surface area contributed by atoms with Crippen LogP contribution in [0.1, 0.15) is 37.6 Å². The second kappa shape index (κ2) is 7.50. The van der Waals surface area contributed by atoms with Gasteiger partial charge in [-0.3, -0.25) is 4.79 Å². The van der Waals surface area contributed by atoms with Crippen LogP contribution in [0, 0.1) is 5.82 Å². The van der Waals surface area contributed by atoms with Crippen molar-refractivity contribution in [2.45, 2.75) is 38.8 Å². The average molecular weight is 436 g/mol. The normalized spacial score (nSPS) is 17.6. The predicted molar refractivity (Wildman–Crippen MR) is 97.4 cm³/mol. The van der Waals surface area contributed by atoms with Crippen LogP contribution >= 0.6 is 27.5 Å². The predicted octanol–water partition coefficient (Wildman–Crippen LogP) is 4.32. The zero-order valence-electron chi connectivity index (χ0n) is 14.6. The molecule has 1 fully saturated rings. The average Bonchev–Trinajstić information content (AvgIpc) is 2.98. The van der Waals surface area contributed by atoms with Gasteiger partial charge < -0.3 is 14.5 Å². The molecule has 2 rings (SSSR count). The second-order valence-electron chi connectivity index (χ2n) is 7.03. The first kappa shape index (κ1) is 20.0. The van der Waals surface area contributed by atoms with E-state index in [1.165, 1.54) is 17.0 Å². The standard InChI is InChI=1S/C17H21BrClFN2O3/c1-17(2,3)25-16(24)22-6-5-10(9-22)21(4)15(23)11-7-13(19)12(18)8-14(11)20/h7-8,10H,5-6,9H2,1-4H3/t10-/m0/s1. The Bertz CT molecular complexity index is 693. The molecule has 1 saturated heterocycles. The molecule has 0 radical (unpaired) electrons. The quantitative estimate of drug-likeness (QED) is 0.650. The van der Waals surface area contributed by atoms with Crippen LogP contribution in [0.5, 0.6) is 0 Å². The van der Waals surface area contributed by atoms with Crippen LogP contribution in [0.3, 0.4) is 0 Å². The van der Waals surface area contributed by atoms with Gasteiger partial charge in [-0.1, -0.05) is 11.6 Å². The summed E-state index contributed by atoms with van der Waals surface area (Å²) < 4.78 is 19.8. The fourth-order valence-corrected chi connectivity index (χ4v) is 3.07. The van der Waals surface area contributed by atoms with Gasteiger partial charge in [-0.25, -0.2) is 9.18 Å². The molecular weight excluding hydrogens is 415 g/mol. The molecular formula is C17H21BrClFN2O3. The number of ether oxygens (including phenoxy) is 1. The number of benzene rings is 1. The highest BCUT2D eigenvalue weighted by Gasteiger charge is 2.34. The molecule has 8 heteroatoms. The van der Waals surface area contributed by atoms with Gasteiger partial charge in [0.15, 0.2) is 0 Å². The molecule has 0 N–H and O–H groups in total. The Labute approximate surface area is 160 Å². The summed E-state index contributed by atoms with van der Waals surface area (Å²) in [5.74, 6) is -1.11. The lowest BCUT2D eigenvalue weighted by molar-refractivity contribution is 0.0279. The molecule has 25 heavy (non-hydrogen) atoms. The lowest BCUT2D eigenvalue weighted by Gasteiger charge is -2.27. The van der Waals surface area contributed by atoms with Gasteiger partial charge >= 0.3 is 6.09 Å². The van der Waals surface area contributed by atoms with Gasteiger partial charge in [0, 0.05) is 24.6 Å². The van der Waals surface area contributed by atoms with Crippen LogP contribution in [0.4, 0.5) is 9.18 Å². The summed E-state index contributed by atoms with van der Waals surface area (Å²) >= 11 is 9.09. The number of likely N-dealkylation sites (tertiary alicyclic amines) is 1. The molecule has 0 unspecified atom stereocenters. The molecule has 1 atom stereocenters. The molecule has 0 bridgehead atoms. The number of nitrogens with zero attached hydrogens (tertiary/aromatic N) is 2. The van der Waals surface area contributed by atoms with Gasteiger partial charge in [0.2, 0.25) is 0 Å². The number of carbonyl (C=O) groups is 2. The number of hydrogen-bond donors (Lipinski definition) is 0. The van der Waals surface area contributed by atoms with Crippen LogP contribution in [0.25, 0.3) is 0 Å². The number of likely N-dealkylation sites (N-methyl/N-ethyl adjacent to an activating group) is 1. The third-order valence-corrected chi connectivity index (χ3v) is 5.12. The Hall–Kier alpha value is -1.34. The molecule has 0 aromatic heterocycles. The monoisotopic (exact) mass is 434 g/mol. The molecule has 0 spiro atoms. The number of hydrogen-bond acceptors (Lipinski definition) is 3. The van der Waals surface area contributed by atoms with Crippen LogP contribution in [-0.4, -0.2) is 53.6 Å². The van der Waals surface area contributed by atoms with E-state index < -0.39 is 23.4 Å². The van der Waals surface area contributed by atoms with E-state index in [0.29, 0.717) is 24.0 Å². The van der Waals surface area contributed by atoms with Crippen molar-refractivity contribution < 1.29 is 18.7 Å². The molecule has 1 aliphatic heterocycles. The highest BCUT2D eigenvalue weighted by atomic mass is 79.9. The number of carbonyl (C=O) groups excluding carboxylic acids is 2. The van der Waals surface area contributed by atoms with Crippen LogP contribution in [-0.2, 0) is 4.74 Å². The van der Waals surface area contributed by atoms with E-state index in [0.717, 1.165) is 0 Å². The van der Waals surface area contributed by atoms with Crippen molar-refractivity contribution in [3.05, 3.63) is 33.0 Å². The van der Waals surface area contributed by atoms with Crippen LogP contribution in [0.15, 0.2) is 16.6 Å². The maximum atomic E-state index is 14.1.